The van der Waals surface area contributed by atoms with Crippen molar-refractivity contribution in [2.45, 2.75) is 57.9 Å². The van der Waals surface area contributed by atoms with Gasteiger partial charge in [0.15, 0.2) is 0 Å². The maximum Gasteiger partial charge on any atom is 0.246 e. The van der Waals surface area contributed by atoms with Gasteiger partial charge in [-0.25, -0.2) is 9.05 Å². The highest BCUT2D eigenvalue weighted by Crippen LogP contribution is 2.75. The molecular formula is C15H23O3P. The third-order valence-electron chi connectivity index (χ3n) is 4.11. The SMILES string of the molecule is CCC(c1ccccc1)[P+]1([O-])OC(C)(C)C(C)(C)O1. The van der Waals surface area contributed by atoms with Crippen molar-refractivity contribution in [3.8, 4) is 0 Å². The zero-order valence-corrected chi connectivity index (χ0v) is 13.2. The van der Waals surface area contributed by atoms with Gasteiger partial charge < -0.3 is 4.89 Å². The van der Waals surface area contributed by atoms with Crippen molar-refractivity contribution in [2.24, 2.45) is 0 Å². The molecular weight excluding hydrogens is 259 g/mol. The summed E-state index contributed by atoms with van der Waals surface area (Å²) >= 11 is 0. The molecule has 0 aliphatic carbocycles. The summed E-state index contributed by atoms with van der Waals surface area (Å²) in [6.45, 7) is 9.76. The zero-order valence-electron chi connectivity index (χ0n) is 12.3. The largest absolute Gasteiger partial charge is 0.631 e. The lowest BCUT2D eigenvalue weighted by Crippen LogP contribution is -2.41. The van der Waals surface area contributed by atoms with E-state index in [9.17, 15) is 4.89 Å². The minimum Gasteiger partial charge on any atom is -0.631 e. The lowest BCUT2D eigenvalue weighted by atomic mass is 9.90. The summed E-state index contributed by atoms with van der Waals surface area (Å²) in [5.41, 5.74) is -0.285. The van der Waals surface area contributed by atoms with Gasteiger partial charge in [0.25, 0.3) is 0 Å². The summed E-state index contributed by atoms with van der Waals surface area (Å²) < 4.78 is 11.8. The van der Waals surface area contributed by atoms with Gasteiger partial charge in [0, 0.05) is 0 Å². The zero-order chi connectivity index (χ0) is 14.3. The van der Waals surface area contributed by atoms with Gasteiger partial charge in [-0.3, -0.25) is 0 Å². The van der Waals surface area contributed by atoms with Crippen LogP contribution >= 0.6 is 7.94 Å². The van der Waals surface area contributed by atoms with Crippen molar-refractivity contribution in [1.29, 1.82) is 0 Å². The standard InChI is InChI=1S/C15H23O3P/c1-6-13(12-10-8-7-9-11-12)19(16)17-14(2,3)15(4,5)18-19/h7-11,13H,6H2,1-5H3. The molecule has 0 aromatic heterocycles. The number of hydrogen-bond donors (Lipinski definition) is 0. The van der Waals surface area contributed by atoms with Gasteiger partial charge in [0.2, 0.25) is 7.94 Å². The molecule has 0 spiro atoms. The molecule has 1 aliphatic heterocycles. The second-order valence-electron chi connectivity index (χ2n) is 6.08. The van der Waals surface area contributed by atoms with E-state index >= 15 is 0 Å². The van der Waals surface area contributed by atoms with Gasteiger partial charge in [-0.1, -0.05) is 37.3 Å². The molecule has 0 N–H and O–H groups in total. The molecule has 1 atom stereocenters. The molecule has 1 saturated heterocycles. The summed E-state index contributed by atoms with van der Waals surface area (Å²) in [6, 6.07) is 9.83. The predicted molar refractivity (Wildman–Crippen MR) is 76.7 cm³/mol. The average Bonchev–Trinajstić information content (AvgIpc) is 2.45. The molecule has 0 amide bonds. The number of benzene rings is 1. The highest BCUT2D eigenvalue weighted by atomic mass is 31.2. The molecule has 1 aromatic rings. The Kier molecular flexibility index (Phi) is 3.79. The Morgan fingerprint density at radius 2 is 1.53 bits per heavy atom. The normalized spacial score (nSPS) is 25.2. The van der Waals surface area contributed by atoms with Gasteiger partial charge >= 0.3 is 0 Å². The van der Waals surface area contributed by atoms with Crippen LogP contribution < -0.4 is 4.89 Å². The summed E-state index contributed by atoms with van der Waals surface area (Å²) in [7, 11) is -3.15. The molecule has 1 aliphatic rings. The van der Waals surface area contributed by atoms with Gasteiger partial charge in [-0.2, -0.15) is 0 Å². The minimum absolute atomic E-state index is 0.199. The highest BCUT2D eigenvalue weighted by Gasteiger charge is 2.62. The van der Waals surface area contributed by atoms with Crippen LogP contribution in [0.15, 0.2) is 30.3 Å². The van der Waals surface area contributed by atoms with Crippen molar-refractivity contribution < 1.29 is 13.9 Å². The monoisotopic (exact) mass is 282 g/mol. The van der Waals surface area contributed by atoms with Crippen LogP contribution in [0, 0.1) is 0 Å². The Labute approximate surface area is 116 Å². The average molecular weight is 282 g/mol. The molecule has 3 nitrogen and oxygen atoms in total. The molecule has 19 heavy (non-hydrogen) atoms. The van der Waals surface area contributed by atoms with E-state index in [1.54, 1.807) is 0 Å². The lowest BCUT2D eigenvalue weighted by Gasteiger charge is -2.30. The first-order chi connectivity index (χ1) is 8.72. The summed E-state index contributed by atoms with van der Waals surface area (Å²) in [5.74, 6) is 0. The first kappa shape index (κ1) is 14.9. The molecule has 1 unspecified atom stereocenters. The van der Waals surface area contributed by atoms with E-state index in [0.29, 0.717) is 0 Å². The molecule has 106 valence electrons. The predicted octanol–water partition coefficient (Wildman–Crippen LogP) is 3.86. The minimum atomic E-state index is -3.15. The van der Waals surface area contributed by atoms with Crippen LogP contribution in [0.1, 0.15) is 52.3 Å². The van der Waals surface area contributed by atoms with Gasteiger partial charge in [-0.15, -0.1) is 0 Å². The third kappa shape index (κ3) is 2.57. The second kappa shape index (κ2) is 4.82. The molecule has 0 radical (unpaired) electrons. The Morgan fingerprint density at radius 3 is 1.95 bits per heavy atom. The van der Waals surface area contributed by atoms with Crippen molar-refractivity contribution in [2.75, 3.05) is 0 Å². The van der Waals surface area contributed by atoms with E-state index < -0.39 is 19.1 Å². The quantitative estimate of drug-likeness (QED) is 0.790. The maximum atomic E-state index is 13.1. The Balaban J connectivity index is 2.35. The molecule has 0 saturated carbocycles. The summed E-state index contributed by atoms with van der Waals surface area (Å²) in [5, 5.41) is 0. The summed E-state index contributed by atoms with van der Waals surface area (Å²) in [6.07, 6.45) is 0.730. The van der Waals surface area contributed by atoms with Gasteiger partial charge in [0.1, 0.15) is 16.9 Å². The van der Waals surface area contributed by atoms with E-state index in [1.807, 2.05) is 65.0 Å². The first-order valence-electron chi connectivity index (χ1n) is 6.78. The van der Waals surface area contributed by atoms with Crippen LogP contribution in [-0.2, 0) is 9.05 Å². The van der Waals surface area contributed by atoms with Gasteiger partial charge in [-0.05, 0) is 39.7 Å². The fourth-order valence-electron chi connectivity index (χ4n) is 2.32. The van der Waals surface area contributed by atoms with E-state index in [0.717, 1.165) is 12.0 Å². The van der Waals surface area contributed by atoms with E-state index in [-0.39, 0.29) is 5.66 Å². The van der Waals surface area contributed by atoms with Crippen LogP contribution in [0.5, 0.6) is 0 Å². The van der Waals surface area contributed by atoms with E-state index in [4.69, 9.17) is 9.05 Å². The lowest BCUT2D eigenvalue weighted by molar-refractivity contribution is -0.215. The topological polar surface area (TPSA) is 41.5 Å². The fourth-order valence-corrected chi connectivity index (χ4v) is 5.31. The number of rotatable bonds is 3. The van der Waals surface area contributed by atoms with Crippen LogP contribution in [-0.4, -0.2) is 11.2 Å². The number of hydrogen-bond acceptors (Lipinski definition) is 3. The summed E-state index contributed by atoms with van der Waals surface area (Å²) in [4.78, 5) is 13.1. The van der Waals surface area contributed by atoms with E-state index in [2.05, 4.69) is 0 Å². The van der Waals surface area contributed by atoms with Crippen LogP contribution in [0.25, 0.3) is 0 Å². The third-order valence-corrected chi connectivity index (χ3v) is 6.96. The van der Waals surface area contributed by atoms with Crippen molar-refractivity contribution in [3.63, 3.8) is 0 Å². The molecule has 1 heterocycles. The second-order valence-corrected chi connectivity index (χ2v) is 8.15. The highest BCUT2D eigenvalue weighted by molar-refractivity contribution is 7.59. The Bertz CT molecular complexity index is 426. The van der Waals surface area contributed by atoms with E-state index in [1.165, 1.54) is 0 Å². The van der Waals surface area contributed by atoms with Crippen molar-refractivity contribution >= 4 is 7.94 Å². The first-order valence-corrected chi connectivity index (χ1v) is 8.39. The van der Waals surface area contributed by atoms with Crippen molar-refractivity contribution in [1.82, 2.24) is 0 Å². The Morgan fingerprint density at radius 1 is 1.05 bits per heavy atom. The molecule has 1 fully saturated rings. The fraction of sp³-hybridized carbons (Fsp3) is 0.600. The molecule has 0 bridgehead atoms. The molecule has 4 heteroatoms. The van der Waals surface area contributed by atoms with Crippen LogP contribution in [0.2, 0.25) is 0 Å². The smallest absolute Gasteiger partial charge is 0.246 e. The van der Waals surface area contributed by atoms with Crippen molar-refractivity contribution in [3.05, 3.63) is 35.9 Å². The van der Waals surface area contributed by atoms with Gasteiger partial charge in [0.05, 0.1) is 0 Å². The van der Waals surface area contributed by atoms with Crippen LogP contribution in [0.3, 0.4) is 0 Å². The molecule has 1 aromatic carbocycles. The van der Waals surface area contributed by atoms with Crippen LogP contribution in [0.4, 0.5) is 0 Å². The molecule has 2 rings (SSSR count). The Hall–Kier alpha value is -0.470. The maximum absolute atomic E-state index is 13.1.